The SMILES string of the molecule is CCC1=C(C)C2=NC1=Cc1[n-]c3c(c1C)=C([O-])CC=3C1=NC(=CC3=NC(=C2)C(CCO)=C3C)[C@@H](C)[C@@H]1CCC(=O)OC.[Zn+2]. The second-order valence-corrected chi connectivity index (χ2v) is 11.6. The fourth-order valence-electron chi connectivity index (χ4n) is 6.84. The van der Waals surface area contributed by atoms with Crippen molar-refractivity contribution in [2.45, 2.75) is 66.7 Å². The fourth-order valence-corrected chi connectivity index (χ4v) is 6.84. The predicted molar refractivity (Wildman–Crippen MR) is 163 cm³/mol. The van der Waals surface area contributed by atoms with E-state index < -0.39 is 0 Å². The number of aliphatic hydroxyl groups is 1. The molecule has 4 aliphatic heterocycles. The van der Waals surface area contributed by atoms with E-state index in [9.17, 15) is 15.0 Å². The van der Waals surface area contributed by atoms with Gasteiger partial charge in [0, 0.05) is 36.3 Å². The third-order valence-corrected chi connectivity index (χ3v) is 9.32. The molecule has 0 saturated heterocycles. The Kier molecular flexibility index (Phi) is 8.61. The number of fused-ring (bicyclic) bond motifs is 5. The summed E-state index contributed by atoms with van der Waals surface area (Å²) in [6, 6.07) is 0. The summed E-state index contributed by atoms with van der Waals surface area (Å²) < 4.78 is 4.95. The zero-order valence-electron chi connectivity index (χ0n) is 25.8. The van der Waals surface area contributed by atoms with E-state index in [-0.39, 0.29) is 62.5 Å². The monoisotopic (exact) mass is 628 g/mol. The number of methoxy groups -OCH3 is 1. The first-order valence-electron chi connectivity index (χ1n) is 14.7. The third-order valence-electron chi connectivity index (χ3n) is 9.32. The number of allylic oxidation sites excluding steroid dienone is 7. The van der Waals surface area contributed by atoms with Gasteiger partial charge in [-0.3, -0.25) is 9.79 Å². The van der Waals surface area contributed by atoms with Crippen LogP contribution in [0.4, 0.5) is 0 Å². The molecule has 0 amide bonds. The Labute approximate surface area is 264 Å². The van der Waals surface area contributed by atoms with E-state index in [1.54, 1.807) is 0 Å². The van der Waals surface area contributed by atoms with Crippen molar-refractivity contribution in [1.29, 1.82) is 0 Å². The van der Waals surface area contributed by atoms with Gasteiger partial charge in [-0.15, -0.1) is 16.8 Å². The number of aromatic nitrogens is 1. The molecule has 0 aromatic carbocycles. The molecule has 5 aliphatic rings. The summed E-state index contributed by atoms with van der Waals surface area (Å²) in [4.78, 5) is 32.4. The number of carbonyl (C=O) groups excluding carboxylic acids is 1. The van der Waals surface area contributed by atoms with Crippen molar-refractivity contribution in [2.24, 2.45) is 26.8 Å². The molecule has 43 heavy (non-hydrogen) atoms. The first-order chi connectivity index (χ1) is 20.2. The minimum Gasteiger partial charge on any atom is -0.875 e. The van der Waals surface area contributed by atoms with Crippen LogP contribution in [-0.4, -0.2) is 41.9 Å². The third kappa shape index (κ3) is 5.10. The number of aliphatic imine (C=N–C) groups is 3. The molecule has 218 valence electrons. The van der Waals surface area contributed by atoms with Gasteiger partial charge in [0.1, 0.15) is 0 Å². The number of aliphatic hydroxyl groups excluding tert-OH is 1. The Morgan fingerprint density at radius 3 is 2.42 bits per heavy atom. The van der Waals surface area contributed by atoms with E-state index in [4.69, 9.17) is 24.7 Å². The Balaban J connectivity index is 0.00000368. The van der Waals surface area contributed by atoms with Gasteiger partial charge in [-0.25, -0.2) is 9.98 Å². The van der Waals surface area contributed by atoms with Crippen LogP contribution in [0.3, 0.4) is 0 Å². The van der Waals surface area contributed by atoms with Crippen LogP contribution in [0.25, 0.3) is 17.4 Å². The predicted octanol–water partition coefficient (Wildman–Crippen LogP) is 3.09. The molecule has 8 nitrogen and oxygen atoms in total. The summed E-state index contributed by atoms with van der Waals surface area (Å²) in [6.45, 7) is 10.3. The van der Waals surface area contributed by atoms with Crippen molar-refractivity contribution in [3.05, 3.63) is 73.4 Å². The van der Waals surface area contributed by atoms with Gasteiger partial charge in [0.15, 0.2) is 0 Å². The average molecular weight is 630 g/mol. The normalized spacial score (nSPS) is 22.3. The van der Waals surface area contributed by atoms with Gasteiger partial charge in [-0.2, -0.15) is 0 Å². The molecule has 0 spiro atoms. The van der Waals surface area contributed by atoms with Crippen LogP contribution in [-0.2, 0) is 29.0 Å². The molecule has 1 aliphatic carbocycles. The van der Waals surface area contributed by atoms with Crippen molar-refractivity contribution in [2.75, 3.05) is 13.7 Å². The molecule has 2 atom stereocenters. The van der Waals surface area contributed by atoms with Crippen LogP contribution in [0.2, 0.25) is 0 Å². The summed E-state index contributed by atoms with van der Waals surface area (Å²) >= 11 is 0. The molecule has 0 fully saturated rings. The van der Waals surface area contributed by atoms with E-state index in [0.717, 1.165) is 79.8 Å². The first-order valence-corrected chi connectivity index (χ1v) is 14.7. The molecule has 0 radical (unpaired) electrons. The molecule has 1 N–H and O–H groups in total. The quantitative estimate of drug-likeness (QED) is 0.383. The number of nitrogens with zero attached hydrogens (tertiary/aromatic N) is 4. The number of carbonyl (C=O) groups is 1. The zero-order valence-corrected chi connectivity index (χ0v) is 28.8. The first kappa shape index (κ1) is 31.0. The Hall–Kier alpha value is -3.42. The van der Waals surface area contributed by atoms with Gasteiger partial charge in [-0.05, 0) is 91.7 Å². The van der Waals surface area contributed by atoms with Crippen molar-refractivity contribution >= 4 is 40.5 Å². The Bertz CT molecular complexity index is 1810. The topological polar surface area (TPSA) is 121 Å². The van der Waals surface area contributed by atoms with Gasteiger partial charge in [0.25, 0.3) is 0 Å². The number of hydrogen-bond donors (Lipinski definition) is 1. The number of hydrogen-bond acceptors (Lipinski definition) is 7. The summed E-state index contributed by atoms with van der Waals surface area (Å²) in [5.74, 6) is -0.299. The molecule has 9 heteroatoms. The van der Waals surface area contributed by atoms with Gasteiger partial charge in [-0.1, -0.05) is 25.5 Å². The van der Waals surface area contributed by atoms with Crippen LogP contribution in [0.15, 0.2) is 66.5 Å². The largest absolute Gasteiger partial charge is 2.00 e. The van der Waals surface area contributed by atoms with Crippen molar-refractivity contribution in [1.82, 2.24) is 4.98 Å². The maximum absolute atomic E-state index is 13.4. The van der Waals surface area contributed by atoms with Crippen LogP contribution < -0.4 is 20.7 Å². The smallest absolute Gasteiger partial charge is 0.875 e. The second kappa shape index (κ2) is 11.9. The van der Waals surface area contributed by atoms with Gasteiger partial charge < -0.3 is 19.9 Å². The van der Waals surface area contributed by atoms with Gasteiger partial charge in [0.05, 0.1) is 29.9 Å². The minimum atomic E-state index is -0.268. The van der Waals surface area contributed by atoms with Crippen LogP contribution >= 0.6 is 0 Å². The zero-order chi connectivity index (χ0) is 29.9. The molecule has 1 aromatic heterocycles. The Morgan fingerprint density at radius 1 is 1.07 bits per heavy atom. The van der Waals surface area contributed by atoms with E-state index in [0.29, 0.717) is 23.4 Å². The fraction of sp³-hybridized carbons (Fsp3) is 0.412. The molecule has 0 unspecified atom stereocenters. The molecule has 1 aromatic rings. The number of rotatable bonds is 6. The molecule has 6 rings (SSSR count). The second-order valence-electron chi connectivity index (χ2n) is 11.6. The van der Waals surface area contributed by atoms with Crippen molar-refractivity contribution < 1.29 is 39.2 Å². The molecule has 0 saturated carbocycles. The maximum atomic E-state index is 13.4. The van der Waals surface area contributed by atoms with Gasteiger partial charge in [0.2, 0.25) is 0 Å². The van der Waals surface area contributed by atoms with Crippen LogP contribution in [0.1, 0.15) is 71.1 Å². The van der Waals surface area contributed by atoms with E-state index in [1.165, 1.54) is 7.11 Å². The van der Waals surface area contributed by atoms with E-state index >= 15 is 0 Å². The Morgan fingerprint density at radius 2 is 1.74 bits per heavy atom. The minimum absolute atomic E-state index is 0. The summed E-state index contributed by atoms with van der Waals surface area (Å²) in [5.41, 5.74) is 11.7. The summed E-state index contributed by atoms with van der Waals surface area (Å²) in [7, 11) is 1.40. The molecular formula is C34H36N4O4Zn. The molecule has 8 bridgehead atoms. The number of esters is 1. The average Bonchev–Trinajstić information content (AvgIpc) is 3.71. The van der Waals surface area contributed by atoms with Crippen LogP contribution in [0.5, 0.6) is 0 Å². The van der Waals surface area contributed by atoms with Crippen LogP contribution in [0, 0.1) is 18.8 Å². The van der Waals surface area contributed by atoms with E-state index in [2.05, 4.69) is 20.8 Å². The summed E-state index contributed by atoms with van der Waals surface area (Å²) in [6.07, 6.45) is 8.39. The van der Waals surface area contributed by atoms with E-state index in [1.807, 2.05) is 32.1 Å². The summed E-state index contributed by atoms with van der Waals surface area (Å²) in [5, 5.41) is 24.7. The van der Waals surface area contributed by atoms with Crippen molar-refractivity contribution in [3.8, 4) is 0 Å². The molecule has 5 heterocycles. The number of ether oxygens (including phenoxy) is 1. The molecular weight excluding hydrogens is 594 g/mol. The maximum Gasteiger partial charge on any atom is 2.00 e. The van der Waals surface area contributed by atoms with Crippen molar-refractivity contribution in [3.63, 3.8) is 0 Å². The standard InChI is InChI=1S/C34H37N4O4.Zn/c1-7-20-16(2)25-14-29-21(10-11-39)17(3)24(36-29)13-26-18(4)22(8-9-31(41)42-6)33(37-26)23-12-30(40)32-19(5)27(38-34(23)32)15-28(20)35-25;/h13-15,18,22,39H,7-12H2,1-6H3,(H-,35,36,37,38,40);/q-1;+2/p-1/t18-,22-;/m0./s1. The van der Waals surface area contributed by atoms with Gasteiger partial charge >= 0.3 is 25.4 Å².